The highest BCUT2D eigenvalue weighted by atomic mass is 16.5. The number of oxime groups is 1. The van der Waals surface area contributed by atoms with Gasteiger partial charge in [-0.1, -0.05) is 35.5 Å². The largest absolute Gasteiger partial charge is 0.493 e. The van der Waals surface area contributed by atoms with Gasteiger partial charge in [0, 0.05) is 11.1 Å². The third kappa shape index (κ3) is 3.28. The molecule has 3 rings (SSSR count). The number of rotatable bonds is 6. The maximum atomic E-state index is 9.63. The molecule has 26 heavy (non-hydrogen) atoms. The van der Waals surface area contributed by atoms with Crippen LogP contribution in [0.5, 0.6) is 17.2 Å². The van der Waals surface area contributed by atoms with Gasteiger partial charge >= 0.3 is 0 Å². The summed E-state index contributed by atoms with van der Waals surface area (Å²) in [5, 5.41) is 16.4. The SMILES string of the molecule is COc1cc(C(=NO)C2CN=C(c3ccccc3)N2)cc(OC)c1OC. The molecular formula is C19H21N3O4. The molecule has 1 atom stereocenters. The zero-order valence-electron chi connectivity index (χ0n) is 14.9. The van der Waals surface area contributed by atoms with Crippen LogP contribution in [-0.2, 0) is 0 Å². The van der Waals surface area contributed by atoms with Gasteiger partial charge in [0.15, 0.2) is 11.5 Å². The molecule has 1 heterocycles. The number of aliphatic imine (C=N–C) groups is 1. The van der Waals surface area contributed by atoms with Crippen LogP contribution in [-0.4, -0.2) is 50.7 Å². The van der Waals surface area contributed by atoms with Gasteiger partial charge in [-0.05, 0) is 12.1 Å². The highest BCUT2D eigenvalue weighted by Gasteiger charge is 2.27. The fourth-order valence-corrected chi connectivity index (χ4v) is 2.92. The summed E-state index contributed by atoms with van der Waals surface area (Å²) in [4.78, 5) is 4.53. The van der Waals surface area contributed by atoms with E-state index in [1.165, 1.54) is 0 Å². The highest BCUT2D eigenvalue weighted by molar-refractivity contribution is 6.10. The van der Waals surface area contributed by atoms with Gasteiger partial charge in [0.1, 0.15) is 11.5 Å². The van der Waals surface area contributed by atoms with Crippen LogP contribution in [0.3, 0.4) is 0 Å². The first-order valence-corrected chi connectivity index (χ1v) is 8.10. The van der Waals surface area contributed by atoms with E-state index in [1.54, 1.807) is 33.5 Å². The molecule has 2 aromatic carbocycles. The number of hydrogen-bond donors (Lipinski definition) is 2. The van der Waals surface area contributed by atoms with Crippen LogP contribution in [0.15, 0.2) is 52.6 Å². The van der Waals surface area contributed by atoms with E-state index >= 15 is 0 Å². The van der Waals surface area contributed by atoms with Crippen LogP contribution in [0.25, 0.3) is 0 Å². The Bertz CT molecular complexity index is 809. The number of benzene rings is 2. The third-order valence-electron chi connectivity index (χ3n) is 4.19. The minimum absolute atomic E-state index is 0.266. The fraction of sp³-hybridized carbons (Fsp3) is 0.263. The van der Waals surface area contributed by atoms with Gasteiger partial charge in [-0.15, -0.1) is 0 Å². The van der Waals surface area contributed by atoms with Crippen molar-refractivity contribution in [3.05, 3.63) is 53.6 Å². The van der Waals surface area contributed by atoms with Gasteiger partial charge < -0.3 is 24.7 Å². The van der Waals surface area contributed by atoms with E-state index in [4.69, 9.17) is 14.2 Å². The zero-order chi connectivity index (χ0) is 18.5. The maximum absolute atomic E-state index is 9.63. The Morgan fingerprint density at radius 1 is 1.08 bits per heavy atom. The Labute approximate surface area is 151 Å². The molecule has 136 valence electrons. The molecule has 0 spiro atoms. The molecular weight excluding hydrogens is 334 g/mol. The summed E-state index contributed by atoms with van der Waals surface area (Å²) >= 11 is 0. The minimum Gasteiger partial charge on any atom is -0.493 e. The van der Waals surface area contributed by atoms with E-state index < -0.39 is 0 Å². The average molecular weight is 355 g/mol. The molecule has 0 saturated heterocycles. The molecule has 1 unspecified atom stereocenters. The van der Waals surface area contributed by atoms with Gasteiger partial charge in [-0.25, -0.2) is 0 Å². The topological polar surface area (TPSA) is 84.7 Å². The van der Waals surface area contributed by atoms with Gasteiger partial charge in [-0.2, -0.15) is 0 Å². The number of amidine groups is 1. The molecule has 1 aliphatic rings. The summed E-state index contributed by atoms with van der Waals surface area (Å²) < 4.78 is 16.1. The van der Waals surface area contributed by atoms with Crippen molar-refractivity contribution in [2.75, 3.05) is 27.9 Å². The van der Waals surface area contributed by atoms with Crippen molar-refractivity contribution in [1.82, 2.24) is 5.32 Å². The number of methoxy groups -OCH3 is 3. The lowest BCUT2D eigenvalue weighted by Gasteiger charge is -2.17. The maximum Gasteiger partial charge on any atom is 0.203 e. The number of nitrogens with zero attached hydrogens (tertiary/aromatic N) is 2. The Kier molecular flexibility index (Phi) is 5.26. The summed E-state index contributed by atoms with van der Waals surface area (Å²) in [6.45, 7) is 0.459. The molecule has 2 aromatic rings. The quantitative estimate of drug-likeness (QED) is 0.472. The molecule has 2 N–H and O–H groups in total. The molecule has 0 amide bonds. The molecule has 0 bridgehead atoms. The van der Waals surface area contributed by atoms with Crippen molar-refractivity contribution in [3.63, 3.8) is 0 Å². The van der Waals surface area contributed by atoms with Crippen LogP contribution >= 0.6 is 0 Å². The first kappa shape index (κ1) is 17.6. The van der Waals surface area contributed by atoms with E-state index in [0.29, 0.717) is 35.1 Å². The van der Waals surface area contributed by atoms with Crippen LogP contribution in [0.4, 0.5) is 0 Å². The standard InChI is InChI=1S/C19H21N3O4/c1-24-15-9-13(10-16(25-2)18(15)26-3)17(22-23)14-11-20-19(21-14)12-7-5-4-6-8-12/h4-10,14,23H,11H2,1-3H3,(H,20,21). The van der Waals surface area contributed by atoms with Gasteiger partial charge in [0.05, 0.1) is 33.9 Å². The van der Waals surface area contributed by atoms with E-state index in [0.717, 1.165) is 11.4 Å². The van der Waals surface area contributed by atoms with Crippen molar-refractivity contribution in [3.8, 4) is 17.2 Å². The van der Waals surface area contributed by atoms with E-state index in [-0.39, 0.29) is 6.04 Å². The summed E-state index contributed by atoms with van der Waals surface area (Å²) in [6.07, 6.45) is 0. The lowest BCUT2D eigenvalue weighted by molar-refractivity contribution is 0.316. The predicted molar refractivity (Wildman–Crippen MR) is 99.2 cm³/mol. The second kappa shape index (κ2) is 7.77. The highest BCUT2D eigenvalue weighted by Crippen LogP contribution is 2.38. The smallest absolute Gasteiger partial charge is 0.203 e. The zero-order valence-corrected chi connectivity index (χ0v) is 14.9. The molecule has 1 aliphatic heterocycles. The molecule has 0 saturated carbocycles. The summed E-state index contributed by atoms with van der Waals surface area (Å²) in [7, 11) is 4.63. The fourth-order valence-electron chi connectivity index (χ4n) is 2.92. The number of nitrogens with one attached hydrogen (secondary N) is 1. The lowest BCUT2D eigenvalue weighted by atomic mass is 10.0. The molecule has 0 radical (unpaired) electrons. The third-order valence-corrected chi connectivity index (χ3v) is 4.19. The molecule has 0 aromatic heterocycles. The lowest BCUT2D eigenvalue weighted by Crippen LogP contribution is -2.38. The molecule has 0 aliphatic carbocycles. The van der Waals surface area contributed by atoms with Crippen LogP contribution in [0, 0.1) is 0 Å². The monoisotopic (exact) mass is 355 g/mol. The van der Waals surface area contributed by atoms with Crippen LogP contribution in [0.1, 0.15) is 11.1 Å². The second-order valence-corrected chi connectivity index (χ2v) is 5.65. The first-order valence-electron chi connectivity index (χ1n) is 8.10. The molecule has 7 nitrogen and oxygen atoms in total. The Balaban J connectivity index is 1.89. The van der Waals surface area contributed by atoms with Gasteiger partial charge in [0.25, 0.3) is 0 Å². The second-order valence-electron chi connectivity index (χ2n) is 5.65. The van der Waals surface area contributed by atoms with E-state index in [1.807, 2.05) is 30.3 Å². The van der Waals surface area contributed by atoms with Crippen molar-refractivity contribution >= 4 is 11.5 Å². The van der Waals surface area contributed by atoms with Crippen molar-refractivity contribution < 1.29 is 19.4 Å². The van der Waals surface area contributed by atoms with Gasteiger partial charge in [0.2, 0.25) is 5.75 Å². The minimum atomic E-state index is -0.266. The normalized spacial score (nSPS) is 16.7. The van der Waals surface area contributed by atoms with Crippen molar-refractivity contribution in [1.29, 1.82) is 0 Å². The number of ether oxygens (including phenoxy) is 3. The van der Waals surface area contributed by atoms with Gasteiger partial charge in [-0.3, -0.25) is 4.99 Å². The molecule has 7 heteroatoms. The summed E-state index contributed by atoms with van der Waals surface area (Å²) in [5.74, 6) is 2.23. The first-order chi connectivity index (χ1) is 12.7. The Morgan fingerprint density at radius 3 is 2.27 bits per heavy atom. The molecule has 0 fully saturated rings. The van der Waals surface area contributed by atoms with Crippen molar-refractivity contribution in [2.45, 2.75) is 6.04 Å². The summed E-state index contributed by atoms with van der Waals surface area (Å²) in [5.41, 5.74) is 2.08. The summed E-state index contributed by atoms with van der Waals surface area (Å²) in [6, 6.07) is 13.0. The Morgan fingerprint density at radius 2 is 1.73 bits per heavy atom. The predicted octanol–water partition coefficient (Wildman–Crippen LogP) is 2.31. The Hall–Kier alpha value is -3.22. The number of hydrogen-bond acceptors (Lipinski definition) is 7. The average Bonchev–Trinajstić information content (AvgIpc) is 3.18. The van der Waals surface area contributed by atoms with Crippen LogP contribution < -0.4 is 19.5 Å². The van der Waals surface area contributed by atoms with E-state index in [9.17, 15) is 5.21 Å². The van der Waals surface area contributed by atoms with Crippen molar-refractivity contribution in [2.24, 2.45) is 10.1 Å². The van der Waals surface area contributed by atoms with Crippen LogP contribution in [0.2, 0.25) is 0 Å². The van der Waals surface area contributed by atoms with E-state index in [2.05, 4.69) is 15.5 Å².